The second-order valence-corrected chi connectivity index (χ2v) is 3.37. The fraction of sp³-hybridized carbons (Fsp3) is 0.222. The van der Waals surface area contributed by atoms with E-state index in [9.17, 15) is 4.79 Å². The molecule has 0 heterocycles. The van der Waals surface area contributed by atoms with Crippen molar-refractivity contribution in [1.29, 1.82) is 0 Å². The van der Waals surface area contributed by atoms with E-state index in [0.29, 0.717) is 0 Å². The van der Waals surface area contributed by atoms with Crippen molar-refractivity contribution in [2.75, 3.05) is 0 Å². The van der Waals surface area contributed by atoms with Crippen molar-refractivity contribution in [3.8, 4) is 0 Å². The van der Waals surface area contributed by atoms with Crippen LogP contribution in [0.2, 0.25) is 0 Å². The number of isocyanates is 1. The summed E-state index contributed by atoms with van der Waals surface area (Å²) in [6.45, 7) is 1.85. The van der Waals surface area contributed by atoms with Gasteiger partial charge in [-0.3, -0.25) is 0 Å². The second-order valence-electron chi connectivity index (χ2n) is 2.45. The van der Waals surface area contributed by atoms with Crippen molar-refractivity contribution in [2.24, 2.45) is 4.99 Å². The molecule has 0 radical (unpaired) electrons. The summed E-state index contributed by atoms with van der Waals surface area (Å²) in [5.74, 6) is 0. The standard InChI is InChI=1S/C9H8BrNO/c1-7(11-6-12)8-3-2-4-9(10)5-8/h2-5,7H,1H3/t7-/m0/s1. The van der Waals surface area contributed by atoms with Crippen LogP contribution in [0.3, 0.4) is 0 Å². The molecule has 0 saturated heterocycles. The molecule has 0 bridgehead atoms. The molecule has 0 spiro atoms. The van der Waals surface area contributed by atoms with Gasteiger partial charge in [0.15, 0.2) is 0 Å². The third-order valence-corrected chi connectivity index (χ3v) is 2.07. The lowest BCUT2D eigenvalue weighted by Gasteiger charge is -2.03. The van der Waals surface area contributed by atoms with E-state index in [1.54, 1.807) is 6.08 Å². The van der Waals surface area contributed by atoms with E-state index in [-0.39, 0.29) is 6.04 Å². The summed E-state index contributed by atoms with van der Waals surface area (Å²) < 4.78 is 0.993. The average molecular weight is 226 g/mol. The van der Waals surface area contributed by atoms with Crippen molar-refractivity contribution < 1.29 is 4.79 Å². The zero-order valence-corrected chi connectivity index (χ0v) is 8.21. The quantitative estimate of drug-likeness (QED) is 0.563. The predicted molar refractivity (Wildman–Crippen MR) is 50.7 cm³/mol. The summed E-state index contributed by atoms with van der Waals surface area (Å²) in [6, 6.07) is 7.60. The van der Waals surface area contributed by atoms with Crippen LogP contribution in [0.25, 0.3) is 0 Å². The Labute approximate surface area is 79.5 Å². The molecule has 0 aromatic heterocycles. The van der Waals surface area contributed by atoms with E-state index >= 15 is 0 Å². The van der Waals surface area contributed by atoms with E-state index in [2.05, 4.69) is 20.9 Å². The molecule has 0 aliphatic heterocycles. The van der Waals surface area contributed by atoms with Gasteiger partial charge in [0.05, 0.1) is 6.04 Å². The minimum atomic E-state index is -0.111. The molecule has 1 aromatic carbocycles. The lowest BCUT2D eigenvalue weighted by Crippen LogP contribution is -1.87. The maximum Gasteiger partial charge on any atom is 0.235 e. The minimum absolute atomic E-state index is 0.111. The first-order valence-corrected chi connectivity index (χ1v) is 4.36. The number of hydrogen-bond acceptors (Lipinski definition) is 2. The van der Waals surface area contributed by atoms with Gasteiger partial charge >= 0.3 is 0 Å². The average Bonchev–Trinajstić information content (AvgIpc) is 2.05. The zero-order chi connectivity index (χ0) is 8.97. The van der Waals surface area contributed by atoms with Gasteiger partial charge in [-0.05, 0) is 24.6 Å². The van der Waals surface area contributed by atoms with Gasteiger partial charge in [-0.15, -0.1) is 0 Å². The summed E-state index contributed by atoms with van der Waals surface area (Å²) in [5.41, 5.74) is 1.01. The Morgan fingerprint density at radius 2 is 2.33 bits per heavy atom. The van der Waals surface area contributed by atoms with Crippen molar-refractivity contribution in [1.82, 2.24) is 0 Å². The van der Waals surface area contributed by atoms with E-state index in [1.165, 1.54) is 0 Å². The molecule has 1 rings (SSSR count). The maximum atomic E-state index is 9.97. The molecule has 1 atom stereocenters. The number of aliphatic imine (C=N–C) groups is 1. The smallest absolute Gasteiger partial charge is 0.211 e. The number of carbonyl (C=O) groups excluding carboxylic acids is 1. The van der Waals surface area contributed by atoms with Gasteiger partial charge in [0.25, 0.3) is 0 Å². The van der Waals surface area contributed by atoms with Crippen LogP contribution in [0.5, 0.6) is 0 Å². The number of hydrogen-bond donors (Lipinski definition) is 0. The molecule has 12 heavy (non-hydrogen) atoms. The van der Waals surface area contributed by atoms with Crippen LogP contribution in [0.1, 0.15) is 18.5 Å². The summed E-state index contributed by atoms with van der Waals surface area (Å²) in [7, 11) is 0. The SMILES string of the molecule is C[C@H](N=C=O)c1cccc(Br)c1. The van der Waals surface area contributed by atoms with Crippen LogP contribution in [-0.4, -0.2) is 6.08 Å². The highest BCUT2D eigenvalue weighted by Gasteiger charge is 2.01. The molecule has 0 aliphatic rings. The molecule has 62 valence electrons. The van der Waals surface area contributed by atoms with E-state index < -0.39 is 0 Å². The number of halogens is 1. The normalized spacial score (nSPS) is 11.8. The van der Waals surface area contributed by atoms with E-state index in [4.69, 9.17) is 0 Å². The molecule has 0 saturated carbocycles. The molecule has 2 nitrogen and oxygen atoms in total. The highest BCUT2D eigenvalue weighted by molar-refractivity contribution is 9.10. The van der Waals surface area contributed by atoms with Crippen LogP contribution in [0, 0.1) is 0 Å². The van der Waals surface area contributed by atoms with Crippen LogP contribution in [0.4, 0.5) is 0 Å². The van der Waals surface area contributed by atoms with Crippen LogP contribution in [0.15, 0.2) is 33.7 Å². The van der Waals surface area contributed by atoms with Crippen molar-refractivity contribution in [2.45, 2.75) is 13.0 Å². The van der Waals surface area contributed by atoms with Crippen LogP contribution < -0.4 is 0 Å². The Morgan fingerprint density at radius 1 is 1.58 bits per heavy atom. The predicted octanol–water partition coefficient (Wildman–Crippen LogP) is 2.85. The third kappa shape index (κ3) is 2.29. The summed E-state index contributed by atoms with van der Waals surface area (Å²) in [6.07, 6.45) is 1.55. The second kappa shape index (κ2) is 4.19. The van der Waals surface area contributed by atoms with Gasteiger partial charge in [0, 0.05) is 4.47 Å². The van der Waals surface area contributed by atoms with Crippen molar-refractivity contribution in [3.63, 3.8) is 0 Å². The van der Waals surface area contributed by atoms with Gasteiger partial charge in [0.2, 0.25) is 6.08 Å². The van der Waals surface area contributed by atoms with Gasteiger partial charge in [-0.25, -0.2) is 4.79 Å². The fourth-order valence-electron chi connectivity index (χ4n) is 0.920. The zero-order valence-electron chi connectivity index (χ0n) is 6.62. The van der Waals surface area contributed by atoms with E-state index in [0.717, 1.165) is 10.0 Å². The maximum absolute atomic E-state index is 9.97. The molecule has 1 aromatic rings. The number of nitrogens with zero attached hydrogens (tertiary/aromatic N) is 1. The Balaban J connectivity index is 2.94. The van der Waals surface area contributed by atoms with Gasteiger partial charge in [0.1, 0.15) is 0 Å². The van der Waals surface area contributed by atoms with Crippen LogP contribution >= 0.6 is 15.9 Å². The van der Waals surface area contributed by atoms with Gasteiger partial charge in [-0.1, -0.05) is 28.1 Å². The minimum Gasteiger partial charge on any atom is -0.211 e. The first-order valence-electron chi connectivity index (χ1n) is 3.56. The molecule has 3 heteroatoms. The molecular formula is C9H8BrNO. The summed E-state index contributed by atoms with van der Waals surface area (Å²) in [5, 5.41) is 0. The highest BCUT2D eigenvalue weighted by Crippen LogP contribution is 2.19. The first-order chi connectivity index (χ1) is 5.74. The van der Waals surface area contributed by atoms with Gasteiger partial charge in [-0.2, -0.15) is 4.99 Å². The summed E-state index contributed by atoms with van der Waals surface area (Å²) in [4.78, 5) is 13.6. The van der Waals surface area contributed by atoms with Crippen molar-refractivity contribution >= 4 is 22.0 Å². The Bertz CT molecular complexity index is 318. The Kier molecular flexibility index (Phi) is 3.20. The van der Waals surface area contributed by atoms with Crippen LogP contribution in [-0.2, 0) is 4.79 Å². The largest absolute Gasteiger partial charge is 0.235 e. The number of rotatable bonds is 2. The highest BCUT2D eigenvalue weighted by atomic mass is 79.9. The van der Waals surface area contributed by atoms with Crippen molar-refractivity contribution in [3.05, 3.63) is 34.3 Å². The summed E-state index contributed by atoms with van der Waals surface area (Å²) >= 11 is 3.34. The molecular weight excluding hydrogens is 218 g/mol. The van der Waals surface area contributed by atoms with E-state index in [1.807, 2.05) is 31.2 Å². The fourth-order valence-corrected chi connectivity index (χ4v) is 1.34. The Morgan fingerprint density at radius 3 is 2.92 bits per heavy atom. The Hall–Kier alpha value is -0.920. The molecule has 0 N–H and O–H groups in total. The third-order valence-electron chi connectivity index (χ3n) is 1.58. The lowest BCUT2D eigenvalue weighted by atomic mass is 10.1. The monoisotopic (exact) mass is 225 g/mol. The molecule has 0 fully saturated rings. The topological polar surface area (TPSA) is 29.4 Å². The number of benzene rings is 1. The lowest BCUT2D eigenvalue weighted by molar-refractivity contribution is 0.559. The molecule has 0 aliphatic carbocycles. The first kappa shape index (κ1) is 9.17. The molecule has 0 unspecified atom stereocenters. The van der Waals surface area contributed by atoms with Gasteiger partial charge < -0.3 is 0 Å². The molecule has 0 amide bonds.